The molecule has 0 aliphatic heterocycles. The van der Waals surface area contributed by atoms with Crippen molar-refractivity contribution in [2.75, 3.05) is 5.88 Å². The Labute approximate surface area is 158 Å². The Balaban J connectivity index is 1.73. The molecule has 0 fully saturated rings. The fourth-order valence-corrected chi connectivity index (χ4v) is 3.80. The Morgan fingerprint density at radius 2 is 1.81 bits per heavy atom. The number of aromatic nitrogens is 2. The van der Waals surface area contributed by atoms with Crippen LogP contribution in [0, 0.1) is 0 Å². The Kier molecular flexibility index (Phi) is 6.08. The van der Waals surface area contributed by atoms with E-state index in [0.29, 0.717) is 5.88 Å². The third-order valence-corrected chi connectivity index (χ3v) is 5.71. The molecule has 1 heterocycles. The summed E-state index contributed by atoms with van der Waals surface area (Å²) in [6.45, 7) is 0.187. The zero-order valence-electron chi connectivity index (χ0n) is 14.2. The molecule has 0 amide bonds. The van der Waals surface area contributed by atoms with Gasteiger partial charge in [0, 0.05) is 24.8 Å². The highest BCUT2D eigenvalue weighted by molar-refractivity contribution is 7.89. The maximum atomic E-state index is 12.6. The van der Waals surface area contributed by atoms with Crippen molar-refractivity contribution in [2.45, 2.75) is 24.3 Å². The molecule has 136 valence electrons. The predicted octanol–water partition coefficient (Wildman–Crippen LogP) is 3.52. The van der Waals surface area contributed by atoms with E-state index in [1.807, 2.05) is 48.7 Å². The first-order chi connectivity index (χ1) is 12.6. The molecule has 1 N–H and O–H groups in total. The lowest BCUT2D eigenvalue weighted by Crippen LogP contribution is -2.24. The van der Waals surface area contributed by atoms with Gasteiger partial charge in [-0.1, -0.05) is 30.3 Å². The van der Waals surface area contributed by atoms with Gasteiger partial charge >= 0.3 is 0 Å². The van der Waals surface area contributed by atoms with E-state index in [0.717, 1.165) is 29.7 Å². The van der Waals surface area contributed by atoms with Crippen LogP contribution in [0.5, 0.6) is 0 Å². The third-order valence-electron chi connectivity index (χ3n) is 4.03. The second kappa shape index (κ2) is 8.49. The van der Waals surface area contributed by atoms with E-state index in [1.54, 1.807) is 23.0 Å². The first-order valence-electron chi connectivity index (χ1n) is 8.32. The number of aryl methyl sites for hydroxylation is 1. The average molecular weight is 390 g/mol. The first kappa shape index (κ1) is 18.6. The van der Waals surface area contributed by atoms with Crippen molar-refractivity contribution in [2.24, 2.45) is 0 Å². The minimum atomic E-state index is -3.59. The van der Waals surface area contributed by atoms with Crippen molar-refractivity contribution in [3.63, 3.8) is 0 Å². The molecule has 1 aromatic heterocycles. The fraction of sp³-hybridized carbons (Fsp3) is 0.211. The largest absolute Gasteiger partial charge is 0.241 e. The van der Waals surface area contributed by atoms with Crippen molar-refractivity contribution < 1.29 is 8.42 Å². The molecule has 0 aliphatic carbocycles. The Hall–Kier alpha value is -2.15. The lowest BCUT2D eigenvalue weighted by atomic mass is 10.1. The molecule has 0 spiro atoms. The second-order valence-electron chi connectivity index (χ2n) is 5.84. The van der Waals surface area contributed by atoms with Crippen LogP contribution in [0.1, 0.15) is 17.5 Å². The minimum absolute atomic E-state index is 0.187. The number of halogens is 1. The topological polar surface area (TPSA) is 64.0 Å². The summed E-state index contributed by atoms with van der Waals surface area (Å²) >= 11 is 5.69. The van der Waals surface area contributed by atoms with Gasteiger partial charge in [-0.05, 0) is 48.2 Å². The number of alkyl halides is 1. The monoisotopic (exact) mass is 389 g/mol. The molecular weight excluding hydrogens is 370 g/mol. The molecule has 0 aliphatic rings. The smallest absolute Gasteiger partial charge is 0.240 e. The van der Waals surface area contributed by atoms with E-state index < -0.39 is 10.0 Å². The summed E-state index contributed by atoms with van der Waals surface area (Å²) in [5, 5.41) is 4.21. The van der Waals surface area contributed by atoms with Crippen molar-refractivity contribution in [3.05, 3.63) is 78.1 Å². The molecule has 0 saturated carbocycles. The number of para-hydroxylation sites is 1. The zero-order valence-corrected chi connectivity index (χ0v) is 15.7. The quantitative estimate of drug-likeness (QED) is 0.599. The van der Waals surface area contributed by atoms with Crippen LogP contribution in [0.3, 0.4) is 0 Å². The summed E-state index contributed by atoms with van der Waals surface area (Å²) in [6, 6.07) is 16.3. The summed E-state index contributed by atoms with van der Waals surface area (Å²) in [6.07, 6.45) is 5.23. The predicted molar refractivity (Wildman–Crippen MR) is 103 cm³/mol. The van der Waals surface area contributed by atoms with Crippen molar-refractivity contribution in [3.8, 4) is 5.69 Å². The number of hydrogen-bond acceptors (Lipinski definition) is 3. The van der Waals surface area contributed by atoms with Gasteiger partial charge in [-0.2, -0.15) is 5.10 Å². The number of benzene rings is 2. The van der Waals surface area contributed by atoms with Crippen LogP contribution in [-0.2, 0) is 23.0 Å². The highest BCUT2D eigenvalue weighted by Crippen LogP contribution is 2.16. The van der Waals surface area contributed by atoms with E-state index in [9.17, 15) is 8.42 Å². The Morgan fingerprint density at radius 3 is 2.50 bits per heavy atom. The van der Waals surface area contributed by atoms with Crippen LogP contribution in [0.15, 0.2) is 71.9 Å². The summed E-state index contributed by atoms with van der Waals surface area (Å²) in [4.78, 5) is 0.253. The van der Waals surface area contributed by atoms with Crippen LogP contribution >= 0.6 is 11.6 Å². The van der Waals surface area contributed by atoms with Crippen molar-refractivity contribution in [1.29, 1.82) is 0 Å². The third kappa shape index (κ3) is 4.52. The molecule has 3 rings (SSSR count). The summed E-state index contributed by atoms with van der Waals surface area (Å²) in [5.74, 6) is 0.595. The number of hydrogen-bond donors (Lipinski definition) is 1. The van der Waals surface area contributed by atoms with Crippen LogP contribution in [0.25, 0.3) is 5.69 Å². The molecule has 0 radical (unpaired) electrons. The molecule has 26 heavy (non-hydrogen) atoms. The molecule has 5 nitrogen and oxygen atoms in total. The van der Waals surface area contributed by atoms with Crippen molar-refractivity contribution in [1.82, 2.24) is 14.5 Å². The van der Waals surface area contributed by atoms with Gasteiger partial charge in [-0.25, -0.2) is 17.8 Å². The van der Waals surface area contributed by atoms with Gasteiger partial charge < -0.3 is 0 Å². The van der Waals surface area contributed by atoms with Crippen LogP contribution < -0.4 is 4.72 Å². The van der Waals surface area contributed by atoms with Gasteiger partial charge in [-0.15, -0.1) is 11.6 Å². The van der Waals surface area contributed by atoms with E-state index in [1.165, 1.54) is 0 Å². The van der Waals surface area contributed by atoms with Gasteiger partial charge in [0.1, 0.15) is 0 Å². The molecule has 2 aromatic carbocycles. The summed E-state index contributed by atoms with van der Waals surface area (Å²) in [7, 11) is -3.59. The SMILES string of the molecule is O=S(=O)(NCc1ccccc1-n1cccn1)c1ccc(CCCCl)cc1. The molecular formula is C19H20ClN3O2S. The molecule has 0 bridgehead atoms. The van der Waals surface area contributed by atoms with Gasteiger partial charge in [0.15, 0.2) is 0 Å². The molecule has 0 saturated heterocycles. The standard InChI is InChI=1S/C19H20ClN3O2S/c20-12-3-5-16-8-10-18(11-9-16)26(24,25)22-15-17-6-1-2-7-19(17)23-14-4-13-21-23/h1-2,4,6-11,13-14,22H,3,5,12,15H2. The van der Waals surface area contributed by atoms with Crippen LogP contribution in [0.4, 0.5) is 0 Å². The minimum Gasteiger partial charge on any atom is -0.241 e. The van der Waals surface area contributed by atoms with E-state index >= 15 is 0 Å². The normalized spacial score (nSPS) is 11.6. The highest BCUT2D eigenvalue weighted by atomic mass is 35.5. The maximum Gasteiger partial charge on any atom is 0.240 e. The molecule has 0 atom stereocenters. The van der Waals surface area contributed by atoms with Gasteiger partial charge in [0.05, 0.1) is 10.6 Å². The van der Waals surface area contributed by atoms with Gasteiger partial charge in [0.25, 0.3) is 0 Å². The van der Waals surface area contributed by atoms with Gasteiger partial charge in [-0.3, -0.25) is 0 Å². The average Bonchev–Trinajstić information content (AvgIpc) is 3.20. The number of sulfonamides is 1. The maximum absolute atomic E-state index is 12.6. The molecule has 0 unspecified atom stereocenters. The number of rotatable bonds is 8. The highest BCUT2D eigenvalue weighted by Gasteiger charge is 2.15. The number of nitrogens with zero attached hydrogens (tertiary/aromatic N) is 2. The number of nitrogens with one attached hydrogen (secondary N) is 1. The zero-order chi connectivity index (χ0) is 18.4. The molecule has 7 heteroatoms. The summed E-state index contributed by atoms with van der Waals surface area (Å²) in [5.41, 5.74) is 2.77. The van der Waals surface area contributed by atoms with Crippen LogP contribution in [-0.4, -0.2) is 24.1 Å². The van der Waals surface area contributed by atoms with Crippen LogP contribution in [0.2, 0.25) is 0 Å². The van der Waals surface area contributed by atoms with E-state index in [2.05, 4.69) is 9.82 Å². The Morgan fingerprint density at radius 1 is 1.04 bits per heavy atom. The second-order valence-corrected chi connectivity index (χ2v) is 7.99. The van der Waals surface area contributed by atoms with Gasteiger partial charge in [0.2, 0.25) is 10.0 Å². The summed E-state index contributed by atoms with van der Waals surface area (Å²) < 4.78 is 29.5. The fourth-order valence-electron chi connectivity index (χ4n) is 2.66. The van der Waals surface area contributed by atoms with Crippen molar-refractivity contribution >= 4 is 21.6 Å². The lowest BCUT2D eigenvalue weighted by Gasteiger charge is -2.11. The Bertz CT molecular complexity index is 939. The first-order valence-corrected chi connectivity index (χ1v) is 10.3. The lowest BCUT2D eigenvalue weighted by molar-refractivity contribution is 0.581. The molecule has 3 aromatic rings. The van der Waals surface area contributed by atoms with E-state index in [-0.39, 0.29) is 11.4 Å². The van der Waals surface area contributed by atoms with E-state index in [4.69, 9.17) is 11.6 Å².